The molecule has 1 aromatic rings. The lowest BCUT2D eigenvalue weighted by Gasteiger charge is -2.26. The van der Waals surface area contributed by atoms with E-state index in [2.05, 4.69) is 37.8 Å². The van der Waals surface area contributed by atoms with Gasteiger partial charge in [0.1, 0.15) is 0 Å². The van der Waals surface area contributed by atoms with Crippen molar-refractivity contribution in [3.63, 3.8) is 0 Å². The van der Waals surface area contributed by atoms with Gasteiger partial charge in [0.15, 0.2) is 0 Å². The van der Waals surface area contributed by atoms with Gasteiger partial charge in [0, 0.05) is 10.3 Å². The summed E-state index contributed by atoms with van der Waals surface area (Å²) < 4.78 is 4.42. The molecule has 96 valence electrons. The molecule has 0 aromatic carbocycles. The molecule has 0 amide bonds. The topological polar surface area (TPSA) is 12.9 Å². The predicted molar refractivity (Wildman–Crippen MR) is 78.6 cm³/mol. The molecule has 0 aliphatic heterocycles. The van der Waals surface area contributed by atoms with Gasteiger partial charge in [-0.2, -0.15) is 4.37 Å². The Hall–Kier alpha value is -0.630. The first-order valence-corrected chi connectivity index (χ1v) is 7.53. The van der Waals surface area contributed by atoms with Gasteiger partial charge in [0.2, 0.25) is 0 Å². The summed E-state index contributed by atoms with van der Waals surface area (Å²) in [5, 5.41) is 0. The lowest BCUT2D eigenvalue weighted by Crippen LogP contribution is -2.19. The van der Waals surface area contributed by atoms with E-state index in [9.17, 15) is 0 Å². The molecular weight excluding hydrogens is 226 g/mol. The number of unbranched alkanes of at least 4 members (excludes halogenated alkanes) is 3. The number of rotatable bonds is 8. The average Bonchev–Trinajstić information content (AvgIpc) is 2.83. The van der Waals surface area contributed by atoms with Crippen molar-refractivity contribution in [2.45, 2.75) is 64.7 Å². The third-order valence-electron chi connectivity index (χ3n) is 3.69. The van der Waals surface area contributed by atoms with Crippen LogP contribution in [0.5, 0.6) is 0 Å². The van der Waals surface area contributed by atoms with Crippen LogP contribution in [-0.4, -0.2) is 4.37 Å². The Kier molecular flexibility index (Phi) is 5.90. The largest absolute Gasteiger partial charge is 0.193 e. The molecule has 1 heterocycles. The maximum absolute atomic E-state index is 4.42. The van der Waals surface area contributed by atoms with Crippen molar-refractivity contribution in [1.29, 1.82) is 0 Å². The number of hydrogen-bond acceptors (Lipinski definition) is 2. The number of aromatic nitrogens is 1. The third kappa shape index (κ3) is 3.95. The van der Waals surface area contributed by atoms with E-state index in [1.807, 2.05) is 6.08 Å². The minimum absolute atomic E-state index is 0.312. The van der Waals surface area contributed by atoms with Crippen molar-refractivity contribution in [3.05, 3.63) is 23.2 Å². The van der Waals surface area contributed by atoms with E-state index in [0.29, 0.717) is 5.41 Å². The SMILES string of the molecule is C=Cc1cc(C(C)(CC)CCCCCC)sn1. The summed E-state index contributed by atoms with van der Waals surface area (Å²) in [5.41, 5.74) is 1.34. The zero-order chi connectivity index (χ0) is 12.7. The van der Waals surface area contributed by atoms with E-state index < -0.39 is 0 Å². The van der Waals surface area contributed by atoms with E-state index in [4.69, 9.17) is 0 Å². The Morgan fingerprint density at radius 2 is 2.12 bits per heavy atom. The third-order valence-corrected chi connectivity index (χ3v) is 4.80. The highest BCUT2D eigenvalue weighted by molar-refractivity contribution is 7.06. The van der Waals surface area contributed by atoms with E-state index >= 15 is 0 Å². The molecular formula is C15H25NS. The maximum atomic E-state index is 4.42. The van der Waals surface area contributed by atoms with Crippen LogP contribution in [0, 0.1) is 0 Å². The standard InChI is InChI=1S/C15H25NS/c1-5-8-9-10-11-15(4,7-3)14-12-13(6-2)16-17-14/h6,12H,2,5,7-11H2,1,3-4H3. The molecule has 1 rings (SSSR count). The Morgan fingerprint density at radius 1 is 1.35 bits per heavy atom. The zero-order valence-electron chi connectivity index (χ0n) is 11.5. The monoisotopic (exact) mass is 251 g/mol. The summed E-state index contributed by atoms with van der Waals surface area (Å²) in [5.74, 6) is 0. The van der Waals surface area contributed by atoms with Gasteiger partial charge in [0.25, 0.3) is 0 Å². The molecule has 0 aliphatic carbocycles. The molecule has 1 aromatic heterocycles. The van der Waals surface area contributed by atoms with Crippen LogP contribution < -0.4 is 0 Å². The molecule has 0 saturated carbocycles. The van der Waals surface area contributed by atoms with Crippen LogP contribution >= 0.6 is 11.5 Å². The van der Waals surface area contributed by atoms with Gasteiger partial charge in [-0.15, -0.1) is 0 Å². The molecule has 0 fully saturated rings. The molecule has 0 aliphatic rings. The quantitative estimate of drug-likeness (QED) is 0.562. The summed E-state index contributed by atoms with van der Waals surface area (Å²) in [6, 6.07) is 2.21. The van der Waals surface area contributed by atoms with Crippen LogP contribution in [0.4, 0.5) is 0 Å². The van der Waals surface area contributed by atoms with Crippen LogP contribution in [-0.2, 0) is 5.41 Å². The van der Waals surface area contributed by atoms with Crippen molar-refractivity contribution in [3.8, 4) is 0 Å². The highest BCUT2D eigenvalue weighted by atomic mass is 32.1. The predicted octanol–water partition coefficient (Wildman–Crippen LogP) is 5.42. The summed E-state index contributed by atoms with van der Waals surface area (Å²) in [6.45, 7) is 10.7. The second kappa shape index (κ2) is 6.95. The molecule has 0 radical (unpaired) electrons. The first kappa shape index (κ1) is 14.4. The van der Waals surface area contributed by atoms with Crippen molar-refractivity contribution in [2.75, 3.05) is 0 Å². The Bertz CT molecular complexity index is 342. The van der Waals surface area contributed by atoms with Crippen LogP contribution in [0.25, 0.3) is 6.08 Å². The van der Waals surface area contributed by atoms with E-state index in [1.54, 1.807) is 11.5 Å². The molecule has 1 unspecified atom stereocenters. The molecule has 0 bridgehead atoms. The van der Waals surface area contributed by atoms with E-state index in [1.165, 1.54) is 43.4 Å². The highest BCUT2D eigenvalue weighted by Crippen LogP contribution is 2.36. The summed E-state index contributed by atoms with van der Waals surface area (Å²) in [4.78, 5) is 1.42. The fraction of sp³-hybridized carbons (Fsp3) is 0.667. The molecule has 0 N–H and O–H groups in total. The molecule has 2 heteroatoms. The van der Waals surface area contributed by atoms with Gasteiger partial charge in [-0.05, 0) is 36.5 Å². The van der Waals surface area contributed by atoms with Crippen LogP contribution in [0.1, 0.15) is 69.9 Å². The molecule has 1 nitrogen and oxygen atoms in total. The van der Waals surface area contributed by atoms with Crippen molar-refractivity contribution in [2.24, 2.45) is 0 Å². The maximum Gasteiger partial charge on any atom is 0.0765 e. The van der Waals surface area contributed by atoms with Crippen LogP contribution in [0.2, 0.25) is 0 Å². The minimum atomic E-state index is 0.312. The fourth-order valence-corrected chi connectivity index (χ4v) is 3.06. The molecule has 1 atom stereocenters. The number of hydrogen-bond donors (Lipinski definition) is 0. The summed E-state index contributed by atoms with van der Waals surface area (Å²) in [7, 11) is 0. The van der Waals surface area contributed by atoms with E-state index in [0.717, 1.165) is 5.69 Å². The van der Waals surface area contributed by atoms with Crippen molar-refractivity contribution in [1.82, 2.24) is 4.37 Å². The Labute approximate surface area is 110 Å². The zero-order valence-corrected chi connectivity index (χ0v) is 12.3. The second-order valence-electron chi connectivity index (χ2n) is 5.05. The normalized spacial score (nSPS) is 14.5. The first-order chi connectivity index (χ1) is 8.16. The van der Waals surface area contributed by atoms with Gasteiger partial charge in [-0.3, -0.25) is 0 Å². The molecule has 17 heavy (non-hydrogen) atoms. The molecule has 0 spiro atoms. The average molecular weight is 251 g/mol. The fourth-order valence-electron chi connectivity index (χ4n) is 2.09. The minimum Gasteiger partial charge on any atom is -0.193 e. The van der Waals surface area contributed by atoms with Gasteiger partial charge in [-0.1, -0.05) is 53.0 Å². The van der Waals surface area contributed by atoms with Gasteiger partial charge in [0.05, 0.1) is 5.69 Å². The van der Waals surface area contributed by atoms with Gasteiger partial charge < -0.3 is 0 Å². The number of nitrogens with zero attached hydrogens (tertiary/aromatic N) is 1. The summed E-state index contributed by atoms with van der Waals surface area (Å²) in [6.07, 6.45) is 9.68. The van der Waals surface area contributed by atoms with Gasteiger partial charge >= 0.3 is 0 Å². The van der Waals surface area contributed by atoms with Crippen LogP contribution in [0.15, 0.2) is 12.6 Å². The van der Waals surface area contributed by atoms with Gasteiger partial charge in [-0.25, -0.2) is 0 Å². The van der Waals surface area contributed by atoms with E-state index in [-0.39, 0.29) is 0 Å². The highest BCUT2D eigenvalue weighted by Gasteiger charge is 2.26. The second-order valence-corrected chi connectivity index (χ2v) is 5.85. The van der Waals surface area contributed by atoms with Crippen LogP contribution in [0.3, 0.4) is 0 Å². The lowest BCUT2D eigenvalue weighted by molar-refractivity contribution is 0.403. The first-order valence-electron chi connectivity index (χ1n) is 6.76. The Balaban J connectivity index is 2.63. The van der Waals surface area contributed by atoms with Crippen molar-refractivity contribution < 1.29 is 0 Å². The lowest BCUT2D eigenvalue weighted by atomic mass is 9.80. The molecule has 0 saturated heterocycles. The smallest absolute Gasteiger partial charge is 0.0765 e. The van der Waals surface area contributed by atoms with Crippen molar-refractivity contribution >= 4 is 17.6 Å². The summed E-state index contributed by atoms with van der Waals surface area (Å²) >= 11 is 1.65. The Morgan fingerprint density at radius 3 is 2.65 bits per heavy atom.